The number of rotatable bonds is 7. The lowest BCUT2D eigenvalue weighted by Crippen LogP contribution is -2.34. The van der Waals surface area contributed by atoms with E-state index in [9.17, 15) is 9.59 Å². The molecule has 0 saturated carbocycles. The fourth-order valence-corrected chi connectivity index (χ4v) is 3.03. The van der Waals surface area contributed by atoms with E-state index < -0.39 is 0 Å². The molecule has 1 rings (SSSR count). The molecule has 1 heterocycles. The minimum atomic E-state index is -0.192. The SMILES string of the molecule is CCN(CC)C(=O)n1cnc(SC(CC(C)C)C(C)=O)n1. The van der Waals surface area contributed by atoms with Crippen molar-refractivity contribution in [2.75, 3.05) is 13.1 Å². The van der Waals surface area contributed by atoms with E-state index >= 15 is 0 Å². The average molecular weight is 312 g/mol. The van der Waals surface area contributed by atoms with Gasteiger partial charge < -0.3 is 4.90 Å². The first kappa shape index (κ1) is 17.7. The van der Waals surface area contributed by atoms with Gasteiger partial charge in [-0.1, -0.05) is 25.6 Å². The summed E-state index contributed by atoms with van der Waals surface area (Å²) in [6, 6.07) is -0.192. The van der Waals surface area contributed by atoms with Gasteiger partial charge in [-0.05, 0) is 33.1 Å². The Hall–Kier alpha value is -1.37. The Balaban J connectivity index is 2.78. The fourth-order valence-electron chi connectivity index (χ4n) is 1.89. The molecule has 0 aliphatic carbocycles. The predicted molar refractivity (Wildman–Crippen MR) is 83.5 cm³/mol. The summed E-state index contributed by atoms with van der Waals surface area (Å²) in [5.74, 6) is 0.533. The number of carbonyl (C=O) groups is 2. The van der Waals surface area contributed by atoms with Gasteiger partial charge in [-0.25, -0.2) is 9.78 Å². The van der Waals surface area contributed by atoms with Gasteiger partial charge >= 0.3 is 6.03 Å². The molecule has 0 bridgehead atoms. The zero-order chi connectivity index (χ0) is 16.0. The summed E-state index contributed by atoms with van der Waals surface area (Å²) >= 11 is 1.33. The van der Waals surface area contributed by atoms with E-state index in [0.717, 1.165) is 6.42 Å². The minimum Gasteiger partial charge on any atom is -0.323 e. The molecule has 1 unspecified atom stereocenters. The standard InChI is InChI=1S/C14H24N4O2S/c1-6-17(7-2)14(20)18-9-15-13(16-18)21-12(11(5)19)8-10(3)4/h9-10,12H,6-8H2,1-5H3. The number of thioether (sulfide) groups is 1. The highest BCUT2D eigenvalue weighted by Gasteiger charge is 2.21. The van der Waals surface area contributed by atoms with Crippen molar-refractivity contribution in [1.82, 2.24) is 19.7 Å². The number of hydrogen-bond acceptors (Lipinski definition) is 5. The van der Waals surface area contributed by atoms with Crippen molar-refractivity contribution in [3.63, 3.8) is 0 Å². The normalized spacial score (nSPS) is 12.5. The monoisotopic (exact) mass is 312 g/mol. The van der Waals surface area contributed by atoms with Crippen LogP contribution in [0.3, 0.4) is 0 Å². The third kappa shape index (κ3) is 5.15. The Morgan fingerprint density at radius 2 is 1.95 bits per heavy atom. The lowest BCUT2D eigenvalue weighted by molar-refractivity contribution is -0.116. The van der Waals surface area contributed by atoms with Crippen LogP contribution < -0.4 is 0 Å². The van der Waals surface area contributed by atoms with E-state index in [1.165, 1.54) is 22.8 Å². The van der Waals surface area contributed by atoms with Gasteiger partial charge in [0, 0.05) is 13.1 Å². The molecule has 0 aliphatic heterocycles. The molecular weight excluding hydrogens is 288 g/mol. The second-order valence-electron chi connectivity index (χ2n) is 5.27. The molecule has 1 aromatic heterocycles. The van der Waals surface area contributed by atoms with Crippen LogP contribution in [0.5, 0.6) is 0 Å². The first-order chi connectivity index (χ1) is 9.88. The smallest absolute Gasteiger partial charge is 0.323 e. The van der Waals surface area contributed by atoms with Crippen LogP contribution in [0.15, 0.2) is 11.5 Å². The number of Topliss-reactive ketones (excluding diaryl/α,β-unsaturated/α-hetero) is 1. The van der Waals surface area contributed by atoms with Crippen molar-refractivity contribution in [3.05, 3.63) is 6.33 Å². The number of nitrogens with zero attached hydrogens (tertiary/aromatic N) is 4. The topological polar surface area (TPSA) is 68.1 Å². The van der Waals surface area contributed by atoms with Gasteiger partial charge in [0.15, 0.2) is 0 Å². The number of hydrogen-bond donors (Lipinski definition) is 0. The van der Waals surface area contributed by atoms with Gasteiger partial charge in [-0.2, -0.15) is 4.68 Å². The van der Waals surface area contributed by atoms with Gasteiger partial charge in [0.2, 0.25) is 5.16 Å². The Bertz CT molecular complexity index is 483. The lowest BCUT2D eigenvalue weighted by atomic mass is 10.1. The third-order valence-corrected chi connectivity index (χ3v) is 4.29. The van der Waals surface area contributed by atoms with Crippen LogP contribution in [-0.2, 0) is 4.79 Å². The van der Waals surface area contributed by atoms with Crippen molar-refractivity contribution >= 4 is 23.6 Å². The van der Waals surface area contributed by atoms with Crippen LogP contribution in [0.2, 0.25) is 0 Å². The Morgan fingerprint density at radius 3 is 2.43 bits per heavy atom. The maximum atomic E-state index is 12.1. The summed E-state index contributed by atoms with van der Waals surface area (Å²) in [7, 11) is 0. The maximum absolute atomic E-state index is 12.1. The van der Waals surface area contributed by atoms with Crippen LogP contribution >= 0.6 is 11.8 Å². The molecule has 118 valence electrons. The minimum absolute atomic E-state index is 0.111. The molecule has 0 aromatic carbocycles. The van der Waals surface area contributed by atoms with E-state index in [4.69, 9.17) is 0 Å². The molecule has 0 radical (unpaired) electrons. The van der Waals surface area contributed by atoms with Gasteiger partial charge in [0.05, 0.1) is 5.25 Å². The van der Waals surface area contributed by atoms with Crippen LogP contribution in [0.4, 0.5) is 4.79 Å². The largest absolute Gasteiger partial charge is 0.346 e. The van der Waals surface area contributed by atoms with Crippen molar-refractivity contribution in [1.29, 1.82) is 0 Å². The third-order valence-electron chi connectivity index (χ3n) is 3.09. The predicted octanol–water partition coefficient (Wildman–Crippen LogP) is 2.68. The summed E-state index contributed by atoms with van der Waals surface area (Å²) in [5, 5.41) is 4.49. The van der Waals surface area contributed by atoms with Crippen molar-refractivity contribution in [2.45, 2.75) is 51.4 Å². The molecule has 7 heteroatoms. The Kier molecular flexibility index (Phi) is 6.87. The molecule has 0 saturated heterocycles. The molecule has 0 N–H and O–H groups in total. The summed E-state index contributed by atoms with van der Waals surface area (Å²) in [5.41, 5.74) is 0. The Morgan fingerprint density at radius 1 is 1.33 bits per heavy atom. The van der Waals surface area contributed by atoms with Crippen LogP contribution in [0, 0.1) is 5.92 Å². The molecule has 1 atom stereocenters. The second-order valence-corrected chi connectivity index (χ2v) is 6.44. The highest BCUT2D eigenvalue weighted by Crippen LogP contribution is 2.25. The van der Waals surface area contributed by atoms with Gasteiger partial charge in [-0.15, -0.1) is 5.10 Å². The lowest BCUT2D eigenvalue weighted by Gasteiger charge is -2.17. The zero-order valence-electron chi connectivity index (χ0n) is 13.4. The quantitative estimate of drug-likeness (QED) is 0.724. The van der Waals surface area contributed by atoms with E-state index in [-0.39, 0.29) is 17.1 Å². The van der Waals surface area contributed by atoms with Crippen LogP contribution in [0.1, 0.15) is 41.0 Å². The number of aromatic nitrogens is 3. The first-order valence-corrected chi connectivity index (χ1v) is 8.15. The molecule has 21 heavy (non-hydrogen) atoms. The second kappa shape index (κ2) is 8.17. The highest BCUT2D eigenvalue weighted by atomic mass is 32.2. The van der Waals surface area contributed by atoms with Gasteiger partial charge in [0.25, 0.3) is 0 Å². The summed E-state index contributed by atoms with van der Waals surface area (Å²) in [4.78, 5) is 29.6. The summed E-state index contributed by atoms with van der Waals surface area (Å²) in [6.07, 6.45) is 2.19. The van der Waals surface area contributed by atoms with E-state index in [1.54, 1.807) is 11.8 Å². The molecule has 0 fully saturated rings. The van der Waals surface area contributed by atoms with Crippen molar-refractivity contribution < 1.29 is 9.59 Å². The van der Waals surface area contributed by atoms with Crippen LogP contribution in [-0.4, -0.2) is 49.8 Å². The van der Waals surface area contributed by atoms with Crippen molar-refractivity contribution in [2.24, 2.45) is 5.92 Å². The first-order valence-electron chi connectivity index (χ1n) is 7.27. The molecule has 0 aliphatic rings. The van der Waals surface area contributed by atoms with Gasteiger partial charge in [-0.3, -0.25) is 4.79 Å². The van der Waals surface area contributed by atoms with Crippen molar-refractivity contribution in [3.8, 4) is 0 Å². The molecule has 0 spiro atoms. The molecular formula is C14H24N4O2S. The fraction of sp³-hybridized carbons (Fsp3) is 0.714. The Labute approximate surface area is 130 Å². The number of amides is 1. The maximum Gasteiger partial charge on any atom is 0.346 e. The van der Waals surface area contributed by atoms with E-state index in [0.29, 0.717) is 24.2 Å². The summed E-state index contributed by atoms with van der Waals surface area (Å²) in [6.45, 7) is 10.8. The van der Waals surface area contributed by atoms with Gasteiger partial charge in [0.1, 0.15) is 12.1 Å². The highest BCUT2D eigenvalue weighted by molar-refractivity contribution is 8.00. The summed E-state index contributed by atoms with van der Waals surface area (Å²) < 4.78 is 1.24. The molecule has 6 nitrogen and oxygen atoms in total. The average Bonchev–Trinajstić information content (AvgIpc) is 2.87. The molecule has 1 aromatic rings. The zero-order valence-corrected chi connectivity index (χ0v) is 14.2. The number of ketones is 1. The molecule has 1 amide bonds. The number of carbonyl (C=O) groups excluding carboxylic acids is 2. The van der Waals surface area contributed by atoms with Crippen LogP contribution in [0.25, 0.3) is 0 Å². The van der Waals surface area contributed by atoms with E-state index in [1.807, 2.05) is 13.8 Å². The van der Waals surface area contributed by atoms with E-state index in [2.05, 4.69) is 23.9 Å².